The summed E-state index contributed by atoms with van der Waals surface area (Å²) in [5.41, 5.74) is 7.58. The molecule has 0 heterocycles. The highest BCUT2D eigenvalue weighted by Gasteiger charge is 2.11. The number of nitrogens with one attached hydrogen (secondary N) is 2. The van der Waals surface area contributed by atoms with Crippen LogP contribution in [-0.4, -0.2) is 17.9 Å². The van der Waals surface area contributed by atoms with E-state index in [-0.39, 0.29) is 11.8 Å². The Morgan fingerprint density at radius 2 is 1.88 bits per heavy atom. The fourth-order valence-corrected chi connectivity index (χ4v) is 1.31. The Morgan fingerprint density at radius 1 is 1.24 bits per heavy atom. The number of carbonyl (C=O) groups excluding carboxylic acids is 2. The smallest absolute Gasteiger partial charge is 0.241 e. The lowest BCUT2D eigenvalue weighted by molar-refractivity contribution is -0.117. The van der Waals surface area contributed by atoms with Crippen molar-refractivity contribution in [2.45, 2.75) is 26.8 Å². The van der Waals surface area contributed by atoms with Crippen LogP contribution < -0.4 is 16.4 Å². The average Bonchev–Trinajstić information content (AvgIpc) is 2.21. The molecule has 92 valence electrons. The Morgan fingerprint density at radius 3 is 2.41 bits per heavy atom. The summed E-state index contributed by atoms with van der Waals surface area (Å²) >= 11 is 0. The summed E-state index contributed by atoms with van der Waals surface area (Å²) in [5, 5.41) is 5.33. The van der Waals surface area contributed by atoms with Crippen LogP contribution in [0.4, 0.5) is 11.4 Å². The SMILES string of the molecule is CC(=O)Nc1ccc(C)cc1NC(=O)[C@H](C)N. The molecule has 4 N–H and O–H groups in total. The van der Waals surface area contributed by atoms with E-state index < -0.39 is 6.04 Å². The molecule has 2 amide bonds. The van der Waals surface area contributed by atoms with Crippen LogP contribution in [-0.2, 0) is 9.59 Å². The van der Waals surface area contributed by atoms with Crippen molar-refractivity contribution in [1.82, 2.24) is 0 Å². The van der Waals surface area contributed by atoms with E-state index in [1.165, 1.54) is 6.92 Å². The molecule has 1 rings (SSSR count). The summed E-state index contributed by atoms with van der Waals surface area (Å²) in [5.74, 6) is -0.479. The maximum absolute atomic E-state index is 11.5. The highest BCUT2D eigenvalue weighted by molar-refractivity contribution is 6.00. The molecule has 0 radical (unpaired) electrons. The predicted molar refractivity (Wildman–Crippen MR) is 67.8 cm³/mol. The van der Waals surface area contributed by atoms with Crippen molar-refractivity contribution < 1.29 is 9.59 Å². The Hall–Kier alpha value is -1.88. The van der Waals surface area contributed by atoms with Crippen LogP contribution in [0.25, 0.3) is 0 Å². The topological polar surface area (TPSA) is 84.2 Å². The van der Waals surface area contributed by atoms with Gasteiger partial charge in [0.15, 0.2) is 0 Å². The second-order valence-corrected chi connectivity index (χ2v) is 4.01. The van der Waals surface area contributed by atoms with Gasteiger partial charge in [-0.1, -0.05) is 6.07 Å². The molecule has 0 unspecified atom stereocenters. The van der Waals surface area contributed by atoms with Crippen LogP contribution in [0.3, 0.4) is 0 Å². The van der Waals surface area contributed by atoms with Crippen LogP contribution in [0.2, 0.25) is 0 Å². The lowest BCUT2D eigenvalue weighted by atomic mass is 10.2. The summed E-state index contributed by atoms with van der Waals surface area (Å²) in [7, 11) is 0. The number of benzene rings is 1. The number of nitrogens with two attached hydrogens (primary N) is 1. The standard InChI is InChI=1S/C12H17N3O2/c1-7-4-5-10(14-9(3)16)11(6-7)15-12(17)8(2)13/h4-6,8H,13H2,1-3H3,(H,14,16)(H,15,17)/t8-/m0/s1. The first-order chi connectivity index (χ1) is 7.90. The van der Waals surface area contributed by atoms with Crippen molar-refractivity contribution in [1.29, 1.82) is 0 Å². The maximum atomic E-state index is 11.5. The third kappa shape index (κ3) is 3.88. The molecule has 0 aliphatic carbocycles. The lowest BCUT2D eigenvalue weighted by Gasteiger charge is -2.13. The lowest BCUT2D eigenvalue weighted by Crippen LogP contribution is -2.32. The fraction of sp³-hybridized carbons (Fsp3) is 0.333. The molecule has 0 aliphatic rings. The van der Waals surface area contributed by atoms with E-state index in [0.717, 1.165) is 5.56 Å². The summed E-state index contributed by atoms with van der Waals surface area (Å²) < 4.78 is 0. The second-order valence-electron chi connectivity index (χ2n) is 4.01. The minimum atomic E-state index is -0.597. The predicted octanol–water partition coefficient (Wildman–Crippen LogP) is 1.24. The van der Waals surface area contributed by atoms with Crippen molar-refractivity contribution in [3.8, 4) is 0 Å². The average molecular weight is 235 g/mol. The van der Waals surface area contributed by atoms with Crippen LogP contribution in [0.15, 0.2) is 18.2 Å². The van der Waals surface area contributed by atoms with E-state index in [9.17, 15) is 9.59 Å². The molecule has 5 heteroatoms. The fourth-order valence-electron chi connectivity index (χ4n) is 1.31. The van der Waals surface area contributed by atoms with Crippen molar-refractivity contribution in [2.75, 3.05) is 10.6 Å². The largest absolute Gasteiger partial charge is 0.325 e. The van der Waals surface area contributed by atoms with Crippen molar-refractivity contribution in [3.05, 3.63) is 23.8 Å². The highest BCUT2D eigenvalue weighted by Crippen LogP contribution is 2.23. The monoisotopic (exact) mass is 235 g/mol. The first-order valence-corrected chi connectivity index (χ1v) is 5.35. The van der Waals surface area contributed by atoms with E-state index in [1.54, 1.807) is 19.1 Å². The van der Waals surface area contributed by atoms with E-state index in [2.05, 4.69) is 10.6 Å². The molecule has 0 aliphatic heterocycles. The van der Waals surface area contributed by atoms with Gasteiger partial charge in [-0.3, -0.25) is 9.59 Å². The summed E-state index contributed by atoms with van der Waals surface area (Å²) in [6.45, 7) is 4.92. The number of hydrogen-bond acceptors (Lipinski definition) is 3. The van der Waals surface area contributed by atoms with E-state index in [0.29, 0.717) is 11.4 Å². The molecule has 1 aromatic carbocycles. The molecular weight excluding hydrogens is 218 g/mol. The van der Waals surface area contributed by atoms with Gasteiger partial charge in [-0.15, -0.1) is 0 Å². The number of amides is 2. The molecule has 0 fully saturated rings. The molecule has 1 atom stereocenters. The molecular formula is C12H17N3O2. The van der Waals surface area contributed by atoms with Crippen molar-refractivity contribution in [2.24, 2.45) is 5.73 Å². The Labute approximate surface area is 100 Å². The zero-order chi connectivity index (χ0) is 13.0. The number of hydrogen-bond donors (Lipinski definition) is 3. The van der Waals surface area contributed by atoms with Gasteiger partial charge in [0.05, 0.1) is 17.4 Å². The molecule has 1 aromatic rings. The van der Waals surface area contributed by atoms with E-state index in [1.807, 2.05) is 13.0 Å². The number of anilines is 2. The molecule has 0 saturated heterocycles. The zero-order valence-electron chi connectivity index (χ0n) is 10.2. The molecule has 5 nitrogen and oxygen atoms in total. The Kier molecular flexibility index (Phi) is 4.23. The number of rotatable bonds is 3. The minimum Gasteiger partial charge on any atom is -0.325 e. The van der Waals surface area contributed by atoms with Gasteiger partial charge in [0.25, 0.3) is 0 Å². The van der Waals surface area contributed by atoms with Gasteiger partial charge in [-0.05, 0) is 31.5 Å². The first-order valence-electron chi connectivity index (χ1n) is 5.35. The molecule has 0 aromatic heterocycles. The molecule has 0 saturated carbocycles. The second kappa shape index (κ2) is 5.45. The maximum Gasteiger partial charge on any atom is 0.241 e. The van der Waals surface area contributed by atoms with Crippen molar-refractivity contribution in [3.63, 3.8) is 0 Å². The number of aryl methyl sites for hydroxylation is 1. The normalized spacial score (nSPS) is 11.8. The van der Waals surface area contributed by atoms with Gasteiger partial charge in [0.1, 0.15) is 0 Å². The van der Waals surface area contributed by atoms with Crippen LogP contribution in [0.1, 0.15) is 19.4 Å². The summed E-state index contributed by atoms with van der Waals surface area (Å²) in [6, 6.07) is 4.78. The van der Waals surface area contributed by atoms with Gasteiger partial charge in [0.2, 0.25) is 11.8 Å². The Bertz CT molecular complexity index is 441. The summed E-state index contributed by atoms with van der Waals surface area (Å²) in [6.07, 6.45) is 0. The molecule has 17 heavy (non-hydrogen) atoms. The summed E-state index contributed by atoms with van der Waals surface area (Å²) in [4.78, 5) is 22.5. The number of carbonyl (C=O) groups is 2. The Balaban J connectivity index is 2.98. The van der Waals surface area contributed by atoms with Gasteiger partial charge < -0.3 is 16.4 Å². The van der Waals surface area contributed by atoms with Gasteiger partial charge >= 0.3 is 0 Å². The van der Waals surface area contributed by atoms with Crippen LogP contribution in [0, 0.1) is 6.92 Å². The van der Waals surface area contributed by atoms with Gasteiger partial charge in [0, 0.05) is 6.92 Å². The van der Waals surface area contributed by atoms with Gasteiger partial charge in [-0.25, -0.2) is 0 Å². The highest BCUT2D eigenvalue weighted by atomic mass is 16.2. The molecule has 0 spiro atoms. The van der Waals surface area contributed by atoms with Crippen molar-refractivity contribution >= 4 is 23.2 Å². The quantitative estimate of drug-likeness (QED) is 0.737. The van der Waals surface area contributed by atoms with Crippen LogP contribution >= 0.6 is 0 Å². The third-order valence-corrected chi connectivity index (χ3v) is 2.16. The molecule has 0 bridgehead atoms. The van der Waals surface area contributed by atoms with E-state index >= 15 is 0 Å². The van der Waals surface area contributed by atoms with E-state index in [4.69, 9.17) is 5.73 Å². The minimum absolute atomic E-state index is 0.190. The third-order valence-electron chi connectivity index (χ3n) is 2.16. The first kappa shape index (κ1) is 13.2. The van der Waals surface area contributed by atoms with Gasteiger partial charge in [-0.2, -0.15) is 0 Å². The zero-order valence-corrected chi connectivity index (χ0v) is 10.2. The van der Waals surface area contributed by atoms with Crippen LogP contribution in [0.5, 0.6) is 0 Å².